The van der Waals surface area contributed by atoms with Gasteiger partial charge in [-0.05, 0) is 68.0 Å². The second-order valence-electron chi connectivity index (χ2n) is 7.28. The van der Waals surface area contributed by atoms with Crippen LogP contribution in [0.4, 0.5) is 0 Å². The zero-order valence-electron chi connectivity index (χ0n) is 15.0. The Morgan fingerprint density at radius 3 is 2.59 bits per heavy atom. The second-order valence-corrected chi connectivity index (χ2v) is 9.05. The summed E-state index contributed by atoms with van der Waals surface area (Å²) in [6.07, 6.45) is 4.74. The molecular weight excluding hydrogens is 476 g/mol. The van der Waals surface area contributed by atoms with Gasteiger partial charge in [-0.1, -0.05) is 19.1 Å². The van der Waals surface area contributed by atoms with Crippen LogP contribution in [0.25, 0.3) is 0 Å². The fourth-order valence-electron chi connectivity index (χ4n) is 4.21. The van der Waals surface area contributed by atoms with Gasteiger partial charge in [0.1, 0.15) is 11.6 Å². The minimum absolute atomic E-state index is 0.0179. The number of rotatable bonds is 4. The average molecular weight is 496 g/mol. The molecule has 2 heterocycles. The van der Waals surface area contributed by atoms with E-state index in [1.54, 1.807) is 7.11 Å². The molecule has 7 heteroatoms. The molecule has 1 aromatic carbocycles. The quantitative estimate of drug-likeness (QED) is 0.657. The average Bonchev–Trinajstić information content (AvgIpc) is 3.42. The molecule has 0 bridgehead atoms. The molecule has 0 saturated heterocycles. The van der Waals surface area contributed by atoms with Crippen molar-refractivity contribution in [2.24, 2.45) is 22.7 Å². The number of halogens is 2. The summed E-state index contributed by atoms with van der Waals surface area (Å²) in [5.41, 5.74) is 1.16. The Balaban J connectivity index is 1.75. The number of amidine groups is 1. The van der Waals surface area contributed by atoms with Crippen molar-refractivity contribution in [1.29, 1.82) is 0 Å². The van der Waals surface area contributed by atoms with Crippen LogP contribution in [-0.2, 0) is 4.79 Å². The number of fused-ring (bicyclic) bond motifs is 1. The highest BCUT2D eigenvalue weighted by atomic mass is 79.9. The van der Waals surface area contributed by atoms with Gasteiger partial charge in [0, 0.05) is 16.6 Å². The van der Waals surface area contributed by atoms with Crippen LogP contribution < -0.4 is 4.74 Å². The van der Waals surface area contributed by atoms with Crippen LogP contribution in [0, 0.1) is 17.8 Å². The van der Waals surface area contributed by atoms with Gasteiger partial charge in [-0.3, -0.25) is 9.79 Å². The fourth-order valence-corrected chi connectivity index (χ4v) is 5.52. The number of aliphatic imine (C=N–C) groups is 1. The van der Waals surface area contributed by atoms with E-state index in [-0.39, 0.29) is 29.8 Å². The molecule has 1 saturated carbocycles. The van der Waals surface area contributed by atoms with E-state index in [0.717, 1.165) is 26.1 Å². The smallest absolute Gasteiger partial charge is 0.306 e. The van der Waals surface area contributed by atoms with Gasteiger partial charge in [-0.2, -0.15) is 0 Å². The topological polar surface area (TPSA) is 62.1 Å². The minimum atomic E-state index is -0.711. The number of carboxylic acids is 1. The third kappa shape index (κ3) is 3.36. The summed E-state index contributed by atoms with van der Waals surface area (Å²) < 4.78 is 7.16. The SMILES string of the molecule is COc1ccc(C2C(C)C(C3CC3C(=O)O)N=C3C(Br)=CC(Br)=CN32)cc1. The number of methoxy groups -OCH3 is 1. The molecule has 0 aromatic heterocycles. The predicted octanol–water partition coefficient (Wildman–Crippen LogP) is 4.70. The van der Waals surface area contributed by atoms with Gasteiger partial charge in [0.05, 0.1) is 29.6 Å². The molecule has 1 aliphatic carbocycles. The van der Waals surface area contributed by atoms with Crippen molar-refractivity contribution in [2.75, 3.05) is 7.11 Å². The van der Waals surface area contributed by atoms with Gasteiger partial charge in [0.15, 0.2) is 0 Å². The molecule has 27 heavy (non-hydrogen) atoms. The largest absolute Gasteiger partial charge is 0.497 e. The number of carboxylic acid groups (broad SMARTS) is 1. The first-order valence-electron chi connectivity index (χ1n) is 8.88. The van der Waals surface area contributed by atoms with E-state index >= 15 is 0 Å². The molecule has 0 spiro atoms. The highest BCUT2D eigenvalue weighted by Crippen LogP contribution is 2.51. The van der Waals surface area contributed by atoms with Gasteiger partial charge < -0.3 is 14.7 Å². The van der Waals surface area contributed by atoms with E-state index in [9.17, 15) is 9.90 Å². The van der Waals surface area contributed by atoms with Crippen LogP contribution in [-0.4, -0.2) is 35.0 Å². The van der Waals surface area contributed by atoms with E-state index in [1.165, 1.54) is 0 Å². The monoisotopic (exact) mass is 494 g/mol. The summed E-state index contributed by atoms with van der Waals surface area (Å²) in [6, 6.07) is 8.14. The normalized spacial score (nSPS) is 32.1. The Kier molecular flexibility index (Phi) is 4.93. The highest BCUT2D eigenvalue weighted by Gasteiger charge is 2.53. The van der Waals surface area contributed by atoms with E-state index in [0.29, 0.717) is 6.42 Å². The molecule has 0 amide bonds. The number of nitrogens with zero attached hydrogens (tertiary/aromatic N) is 2. The van der Waals surface area contributed by atoms with Crippen LogP contribution in [0.5, 0.6) is 5.75 Å². The van der Waals surface area contributed by atoms with Gasteiger partial charge in [-0.25, -0.2) is 0 Å². The van der Waals surface area contributed by atoms with Crippen molar-refractivity contribution in [2.45, 2.75) is 25.4 Å². The number of hydrogen-bond acceptors (Lipinski definition) is 4. The van der Waals surface area contributed by atoms with Crippen LogP contribution in [0.15, 0.2) is 50.5 Å². The van der Waals surface area contributed by atoms with E-state index in [1.807, 2.05) is 24.4 Å². The minimum Gasteiger partial charge on any atom is -0.497 e. The molecule has 1 fully saturated rings. The predicted molar refractivity (Wildman–Crippen MR) is 111 cm³/mol. The van der Waals surface area contributed by atoms with Crippen LogP contribution >= 0.6 is 31.9 Å². The van der Waals surface area contributed by atoms with Gasteiger partial charge >= 0.3 is 5.97 Å². The van der Waals surface area contributed by atoms with E-state index in [4.69, 9.17) is 9.73 Å². The second kappa shape index (κ2) is 7.09. The Labute approximate surface area is 175 Å². The number of benzene rings is 1. The van der Waals surface area contributed by atoms with Gasteiger partial charge in [0.25, 0.3) is 0 Å². The van der Waals surface area contributed by atoms with Crippen LogP contribution in [0.3, 0.4) is 0 Å². The molecule has 2 aliphatic heterocycles. The lowest BCUT2D eigenvalue weighted by molar-refractivity contribution is -0.139. The third-order valence-electron chi connectivity index (χ3n) is 5.65. The first kappa shape index (κ1) is 18.7. The summed E-state index contributed by atoms with van der Waals surface area (Å²) in [5, 5.41) is 9.39. The van der Waals surface area contributed by atoms with Gasteiger partial charge in [0.2, 0.25) is 0 Å². The van der Waals surface area contributed by atoms with Crippen molar-refractivity contribution < 1.29 is 14.6 Å². The highest BCUT2D eigenvalue weighted by molar-refractivity contribution is 9.12. The molecule has 142 valence electrons. The maximum absolute atomic E-state index is 11.4. The zero-order valence-corrected chi connectivity index (χ0v) is 18.1. The lowest BCUT2D eigenvalue weighted by Crippen LogP contribution is -2.45. The Morgan fingerprint density at radius 2 is 2.00 bits per heavy atom. The Morgan fingerprint density at radius 1 is 1.30 bits per heavy atom. The number of allylic oxidation sites excluding steroid dienone is 2. The lowest BCUT2D eigenvalue weighted by atomic mass is 9.83. The summed E-state index contributed by atoms with van der Waals surface area (Å²) in [7, 11) is 1.66. The molecule has 5 nitrogen and oxygen atoms in total. The van der Waals surface area contributed by atoms with Gasteiger partial charge in [-0.15, -0.1) is 0 Å². The molecule has 5 unspecified atom stereocenters. The van der Waals surface area contributed by atoms with E-state index < -0.39 is 5.97 Å². The van der Waals surface area contributed by atoms with Crippen molar-refractivity contribution in [3.05, 3.63) is 51.1 Å². The number of ether oxygens (including phenoxy) is 1. The standard InChI is InChI=1S/C20H20Br2N2O3/c1-10-17(14-8-15(14)20(25)26)23-19-16(22)7-12(21)9-24(19)18(10)11-3-5-13(27-2)6-4-11/h3-7,9-10,14-15,17-18H,8H2,1-2H3,(H,25,26). The Hall–Kier alpha value is -1.60. The molecule has 0 radical (unpaired) electrons. The molecule has 4 rings (SSSR count). The number of hydrogen-bond donors (Lipinski definition) is 1. The van der Waals surface area contributed by atoms with Crippen molar-refractivity contribution >= 4 is 43.7 Å². The summed E-state index contributed by atoms with van der Waals surface area (Å²) in [5.74, 6) is 0.958. The Bertz CT molecular complexity index is 862. The molecule has 1 aromatic rings. The maximum Gasteiger partial charge on any atom is 0.306 e. The lowest BCUT2D eigenvalue weighted by Gasteiger charge is -2.44. The van der Waals surface area contributed by atoms with Crippen molar-refractivity contribution in [3.63, 3.8) is 0 Å². The first-order valence-corrected chi connectivity index (χ1v) is 10.5. The summed E-state index contributed by atoms with van der Waals surface area (Å²) in [6.45, 7) is 2.17. The summed E-state index contributed by atoms with van der Waals surface area (Å²) in [4.78, 5) is 18.6. The number of carbonyl (C=O) groups is 1. The molecule has 5 atom stereocenters. The molecule has 1 N–H and O–H groups in total. The van der Waals surface area contributed by atoms with Crippen LogP contribution in [0.1, 0.15) is 24.9 Å². The van der Waals surface area contributed by atoms with Crippen LogP contribution in [0.2, 0.25) is 0 Å². The molecular formula is C20H20Br2N2O3. The zero-order chi connectivity index (χ0) is 19.3. The fraction of sp³-hybridized carbons (Fsp3) is 0.400. The first-order chi connectivity index (χ1) is 12.9. The van der Waals surface area contributed by atoms with E-state index in [2.05, 4.69) is 55.8 Å². The summed E-state index contributed by atoms with van der Waals surface area (Å²) >= 11 is 7.21. The number of aliphatic carboxylic acids is 1. The van der Waals surface area contributed by atoms with Crippen molar-refractivity contribution in [3.8, 4) is 5.75 Å². The van der Waals surface area contributed by atoms with Crippen molar-refractivity contribution in [1.82, 2.24) is 4.90 Å². The molecule has 3 aliphatic rings. The maximum atomic E-state index is 11.4. The third-order valence-corrected chi connectivity index (χ3v) is 6.66.